The molecule has 0 spiro atoms. The zero-order valence-electron chi connectivity index (χ0n) is 20.5. The molecule has 0 atom stereocenters. The van der Waals surface area contributed by atoms with Crippen LogP contribution in [0.1, 0.15) is 110 Å². The van der Waals surface area contributed by atoms with Crippen molar-refractivity contribution in [2.24, 2.45) is 0 Å². The quantitative estimate of drug-likeness (QED) is 0.124. The molecule has 0 saturated carbocycles. The fraction of sp³-hybridized carbons (Fsp3) is 0.917. The van der Waals surface area contributed by atoms with Crippen molar-refractivity contribution in [2.45, 2.75) is 110 Å². The predicted octanol–water partition coefficient (Wildman–Crippen LogP) is 4.11. The Labute approximate surface area is 213 Å². The van der Waals surface area contributed by atoms with Gasteiger partial charge in [-0.25, -0.2) is 0 Å². The van der Waals surface area contributed by atoms with E-state index in [1.807, 2.05) is 0 Å². The number of hydrogen-bond donors (Lipinski definition) is 3. The summed E-state index contributed by atoms with van der Waals surface area (Å²) in [6.45, 7) is 3.23. The van der Waals surface area contributed by atoms with E-state index in [4.69, 9.17) is 9.84 Å². The van der Waals surface area contributed by atoms with Crippen LogP contribution in [0.5, 0.6) is 0 Å². The molecule has 0 rings (SSSR count). The summed E-state index contributed by atoms with van der Waals surface area (Å²) in [6, 6.07) is 0. The van der Waals surface area contributed by atoms with Gasteiger partial charge in [0.1, 0.15) is 6.61 Å². The molecule has 0 aliphatic heterocycles. The largest absolute Gasteiger partial charge is 0.463 e. The summed E-state index contributed by atoms with van der Waals surface area (Å²) in [5.41, 5.74) is 0. The van der Waals surface area contributed by atoms with E-state index in [-0.39, 0.29) is 61.2 Å². The van der Waals surface area contributed by atoms with Gasteiger partial charge in [-0.15, -0.1) is 0 Å². The molecule has 0 fully saturated rings. The second-order valence-corrected chi connectivity index (χ2v) is 8.17. The van der Waals surface area contributed by atoms with Gasteiger partial charge < -0.3 is 20.5 Å². The van der Waals surface area contributed by atoms with E-state index in [2.05, 4.69) is 17.6 Å². The fourth-order valence-corrected chi connectivity index (χ4v) is 3.42. The Morgan fingerprint density at radius 3 is 1.71 bits per heavy atom. The van der Waals surface area contributed by atoms with Crippen LogP contribution in [-0.2, 0) is 14.3 Å². The Morgan fingerprint density at radius 2 is 1.23 bits per heavy atom. The smallest absolute Gasteiger partial charge is 0.319 e. The third kappa shape index (κ3) is 27.8. The Morgan fingerprint density at radius 1 is 0.742 bits per heavy atom. The van der Waals surface area contributed by atoms with E-state index in [1.54, 1.807) is 0 Å². The second kappa shape index (κ2) is 27.9. The standard InChI is InChI=1S/C24H48N2O4.Na/c1-2-3-4-5-6-7-8-9-10-11-12-13-14-15-16-17-23(28)26-19-21-30-24(29)22-25-18-20-27;/h25,27H,2-22H2,1H3,(H,26,28);. The molecule has 1 amide bonds. The van der Waals surface area contributed by atoms with E-state index in [1.165, 1.54) is 83.5 Å². The van der Waals surface area contributed by atoms with Crippen molar-refractivity contribution in [2.75, 3.05) is 32.8 Å². The molecule has 0 aromatic rings. The maximum absolute atomic E-state index is 11.7. The maximum atomic E-state index is 11.7. The van der Waals surface area contributed by atoms with E-state index < -0.39 is 0 Å². The Bertz CT molecular complexity index is 398. The molecule has 0 saturated heterocycles. The van der Waals surface area contributed by atoms with Gasteiger partial charge in [0.25, 0.3) is 0 Å². The molecule has 6 nitrogen and oxygen atoms in total. The number of carbonyl (C=O) groups is 2. The van der Waals surface area contributed by atoms with Crippen LogP contribution in [0.25, 0.3) is 0 Å². The second-order valence-electron chi connectivity index (χ2n) is 8.17. The monoisotopic (exact) mass is 451 g/mol. The summed E-state index contributed by atoms with van der Waals surface area (Å²) in [7, 11) is 0. The Hall–Kier alpha value is -0.140. The van der Waals surface area contributed by atoms with Crippen molar-refractivity contribution in [1.82, 2.24) is 10.6 Å². The minimum atomic E-state index is -0.375. The van der Waals surface area contributed by atoms with Gasteiger partial charge in [0, 0.05) is 42.5 Å². The van der Waals surface area contributed by atoms with E-state index in [0.29, 0.717) is 19.5 Å². The molecule has 31 heavy (non-hydrogen) atoms. The first-order chi connectivity index (χ1) is 14.7. The molecular formula is C24H48N2NaO4. The summed E-state index contributed by atoms with van der Waals surface area (Å²) >= 11 is 0. The molecule has 0 bridgehead atoms. The van der Waals surface area contributed by atoms with Crippen LogP contribution in [0.3, 0.4) is 0 Å². The molecule has 0 aromatic heterocycles. The Balaban J connectivity index is 0. The van der Waals surface area contributed by atoms with Crippen LogP contribution < -0.4 is 10.6 Å². The number of hydrogen-bond acceptors (Lipinski definition) is 5. The van der Waals surface area contributed by atoms with Crippen molar-refractivity contribution in [3.63, 3.8) is 0 Å². The Kier molecular flexibility index (Phi) is 29.7. The minimum Gasteiger partial charge on any atom is -0.463 e. The molecule has 1 radical (unpaired) electrons. The van der Waals surface area contributed by atoms with Crippen LogP contribution in [0.15, 0.2) is 0 Å². The van der Waals surface area contributed by atoms with Crippen LogP contribution in [0.2, 0.25) is 0 Å². The molecule has 0 aliphatic rings. The molecule has 179 valence electrons. The number of carbonyl (C=O) groups excluding carboxylic acids is 2. The first-order valence-electron chi connectivity index (χ1n) is 12.4. The van der Waals surface area contributed by atoms with E-state index in [9.17, 15) is 9.59 Å². The zero-order valence-corrected chi connectivity index (χ0v) is 22.5. The molecule has 3 N–H and O–H groups in total. The van der Waals surface area contributed by atoms with Crippen molar-refractivity contribution >= 4 is 41.4 Å². The van der Waals surface area contributed by atoms with E-state index >= 15 is 0 Å². The number of amides is 1. The van der Waals surface area contributed by atoms with Crippen molar-refractivity contribution in [3.8, 4) is 0 Å². The van der Waals surface area contributed by atoms with Crippen LogP contribution in [0, 0.1) is 0 Å². The maximum Gasteiger partial charge on any atom is 0.319 e. The van der Waals surface area contributed by atoms with Gasteiger partial charge in [0.05, 0.1) is 19.7 Å². The summed E-state index contributed by atoms with van der Waals surface area (Å²) in [4.78, 5) is 23.1. The minimum absolute atomic E-state index is 0. The summed E-state index contributed by atoms with van der Waals surface area (Å²) in [5, 5.41) is 14.1. The first-order valence-corrected chi connectivity index (χ1v) is 12.4. The van der Waals surface area contributed by atoms with Gasteiger partial charge in [0.2, 0.25) is 5.91 Å². The summed E-state index contributed by atoms with van der Waals surface area (Å²) < 4.78 is 4.97. The number of nitrogens with one attached hydrogen (secondary N) is 2. The van der Waals surface area contributed by atoms with Crippen LogP contribution in [0.4, 0.5) is 0 Å². The molecule has 0 unspecified atom stereocenters. The average molecular weight is 452 g/mol. The number of esters is 1. The first kappa shape index (κ1) is 33.0. The van der Waals surface area contributed by atoms with Gasteiger partial charge in [0.15, 0.2) is 0 Å². The SMILES string of the molecule is CCCCCCCCCCCCCCCCCC(=O)NCCOC(=O)CNCCO.[Na]. The van der Waals surface area contributed by atoms with Crippen LogP contribution in [-0.4, -0.2) is 79.4 Å². The molecule has 0 aromatic carbocycles. The number of rotatable bonds is 23. The summed E-state index contributed by atoms with van der Waals surface area (Å²) in [5.74, 6) is -0.348. The third-order valence-electron chi connectivity index (χ3n) is 5.25. The van der Waals surface area contributed by atoms with Gasteiger partial charge >= 0.3 is 5.97 Å². The van der Waals surface area contributed by atoms with Gasteiger partial charge in [-0.05, 0) is 6.42 Å². The van der Waals surface area contributed by atoms with Crippen LogP contribution >= 0.6 is 0 Å². The average Bonchev–Trinajstić information content (AvgIpc) is 2.74. The zero-order chi connectivity index (χ0) is 22.1. The predicted molar refractivity (Wildman–Crippen MR) is 129 cm³/mol. The number of aliphatic hydroxyl groups is 1. The number of unbranched alkanes of at least 4 members (excludes halogenated alkanes) is 14. The van der Waals surface area contributed by atoms with Crippen molar-refractivity contribution < 1.29 is 19.4 Å². The molecule has 0 aliphatic carbocycles. The van der Waals surface area contributed by atoms with Crippen molar-refractivity contribution in [1.29, 1.82) is 0 Å². The van der Waals surface area contributed by atoms with Gasteiger partial charge in [-0.2, -0.15) is 0 Å². The van der Waals surface area contributed by atoms with E-state index in [0.717, 1.165) is 12.8 Å². The topological polar surface area (TPSA) is 87.7 Å². The normalized spacial score (nSPS) is 10.5. The number of aliphatic hydroxyl groups excluding tert-OH is 1. The summed E-state index contributed by atoms with van der Waals surface area (Å²) in [6.07, 6.45) is 20.3. The van der Waals surface area contributed by atoms with Gasteiger partial charge in [-0.3, -0.25) is 9.59 Å². The molecule has 7 heteroatoms. The number of ether oxygens (including phenoxy) is 1. The fourth-order valence-electron chi connectivity index (χ4n) is 3.42. The van der Waals surface area contributed by atoms with Crippen molar-refractivity contribution in [3.05, 3.63) is 0 Å². The molecule has 0 heterocycles. The van der Waals surface area contributed by atoms with Gasteiger partial charge in [-0.1, -0.05) is 96.8 Å². The molecular weight excluding hydrogens is 403 g/mol. The third-order valence-corrected chi connectivity index (χ3v) is 5.25.